The number of H-pyrrole nitrogens is 1. The van der Waals surface area contributed by atoms with Gasteiger partial charge in [0.25, 0.3) is 0 Å². The molecule has 1 N–H and O–H groups in total. The Balaban J connectivity index is 1.75. The molecular formula is C30H38N6O4. The van der Waals surface area contributed by atoms with Gasteiger partial charge >= 0.3 is 5.69 Å². The highest BCUT2D eigenvalue weighted by molar-refractivity contribution is 5.80. The van der Waals surface area contributed by atoms with Crippen molar-refractivity contribution in [2.75, 3.05) is 14.2 Å². The molecule has 0 amide bonds. The van der Waals surface area contributed by atoms with Crippen LogP contribution in [0.15, 0.2) is 53.3 Å². The van der Waals surface area contributed by atoms with E-state index < -0.39 is 6.29 Å². The van der Waals surface area contributed by atoms with Crippen LogP contribution in [0.5, 0.6) is 0 Å². The van der Waals surface area contributed by atoms with E-state index in [0.29, 0.717) is 36.8 Å². The van der Waals surface area contributed by atoms with Gasteiger partial charge in [-0.15, -0.1) is 5.10 Å². The second-order valence-electron chi connectivity index (χ2n) is 10.3. The first-order valence-corrected chi connectivity index (χ1v) is 13.7. The predicted octanol–water partition coefficient (Wildman–Crippen LogP) is 5.26. The summed E-state index contributed by atoms with van der Waals surface area (Å²) in [6, 6.07) is 15.9. The van der Waals surface area contributed by atoms with Crippen LogP contribution in [0.1, 0.15) is 74.5 Å². The highest BCUT2D eigenvalue weighted by Gasteiger charge is 2.29. The first-order chi connectivity index (χ1) is 19.4. The number of aromatic nitrogens is 6. The molecule has 4 rings (SSSR count). The molecule has 0 radical (unpaired) electrons. The molecule has 40 heavy (non-hydrogen) atoms. The van der Waals surface area contributed by atoms with E-state index in [1.54, 1.807) is 4.57 Å². The fourth-order valence-electron chi connectivity index (χ4n) is 4.89. The minimum Gasteiger partial charge on any atom is -0.350 e. The zero-order chi connectivity index (χ0) is 28.6. The van der Waals surface area contributed by atoms with E-state index in [4.69, 9.17) is 9.47 Å². The number of rotatable bonds is 13. The Morgan fingerprint density at radius 3 is 2.33 bits per heavy atom. The second-order valence-corrected chi connectivity index (χ2v) is 10.3. The van der Waals surface area contributed by atoms with Gasteiger partial charge in [0.15, 0.2) is 5.82 Å². The van der Waals surface area contributed by atoms with Crippen LogP contribution in [-0.2, 0) is 22.4 Å². The number of hydrogen-bond acceptors (Lipinski definition) is 7. The Hall–Kier alpha value is -3.89. The second kappa shape index (κ2) is 13.5. The van der Waals surface area contributed by atoms with E-state index in [1.807, 2.05) is 55.5 Å². The first kappa shape index (κ1) is 29.1. The topological polar surface area (TPSA) is 117 Å². The summed E-state index contributed by atoms with van der Waals surface area (Å²) in [6.07, 6.45) is 2.49. The zero-order valence-electron chi connectivity index (χ0n) is 23.9. The van der Waals surface area contributed by atoms with Crippen molar-refractivity contribution >= 4 is 5.91 Å². The number of unbranched alkanes of at least 4 members (excludes halogenated alkanes) is 1. The highest BCUT2D eigenvalue weighted by atomic mass is 16.7. The molecule has 0 unspecified atom stereocenters. The smallest absolute Gasteiger partial charge is 0.335 e. The molecule has 0 saturated carbocycles. The first-order valence-electron chi connectivity index (χ1n) is 13.7. The standard InChI is InChI=1S/C30H38N6O4/c1-6-7-12-26(37)36-27(29(39-4)40-5)25(18-13-20(2)3)35(30(36)38)19-21-14-16-22(17-15-21)23-10-8-9-11-24(23)28-31-33-34-32-28/h8-11,14-17,20,29H,6-7,12-13,18-19H2,1-5H3,(H,31,32,33,34). The maximum atomic E-state index is 13.8. The van der Waals surface area contributed by atoms with Crippen molar-refractivity contribution in [2.24, 2.45) is 5.92 Å². The Morgan fingerprint density at radius 2 is 1.73 bits per heavy atom. The fourth-order valence-corrected chi connectivity index (χ4v) is 4.89. The predicted molar refractivity (Wildman–Crippen MR) is 153 cm³/mol. The molecule has 212 valence electrons. The van der Waals surface area contributed by atoms with Gasteiger partial charge in [0.05, 0.1) is 6.54 Å². The number of nitrogens with one attached hydrogen (secondary N) is 1. The van der Waals surface area contributed by atoms with Crippen molar-refractivity contribution in [1.82, 2.24) is 29.8 Å². The van der Waals surface area contributed by atoms with Crippen molar-refractivity contribution in [3.63, 3.8) is 0 Å². The molecule has 0 bridgehead atoms. The van der Waals surface area contributed by atoms with Crippen LogP contribution in [-0.4, -0.2) is 49.9 Å². The van der Waals surface area contributed by atoms with Gasteiger partial charge in [0.2, 0.25) is 12.2 Å². The highest BCUT2D eigenvalue weighted by Crippen LogP contribution is 2.30. The third-order valence-electron chi connectivity index (χ3n) is 7.02. The number of tetrazole rings is 1. The minimum atomic E-state index is -0.828. The molecule has 0 aliphatic rings. The maximum absolute atomic E-state index is 13.8. The van der Waals surface area contributed by atoms with Crippen LogP contribution in [0.4, 0.5) is 0 Å². The molecule has 0 atom stereocenters. The molecule has 2 aromatic heterocycles. The van der Waals surface area contributed by atoms with Crippen LogP contribution < -0.4 is 5.69 Å². The van der Waals surface area contributed by atoms with Crippen molar-refractivity contribution in [1.29, 1.82) is 0 Å². The number of carbonyl (C=O) groups is 1. The van der Waals surface area contributed by atoms with Gasteiger partial charge < -0.3 is 9.47 Å². The van der Waals surface area contributed by atoms with Crippen LogP contribution in [0.2, 0.25) is 0 Å². The van der Waals surface area contributed by atoms with Crippen LogP contribution in [0, 0.1) is 5.92 Å². The molecule has 0 aliphatic heterocycles. The van der Waals surface area contributed by atoms with Gasteiger partial charge in [0.1, 0.15) is 5.69 Å². The van der Waals surface area contributed by atoms with Crippen LogP contribution in [0.25, 0.3) is 22.5 Å². The monoisotopic (exact) mass is 546 g/mol. The number of carbonyl (C=O) groups excluding carboxylic acids is 1. The molecule has 4 aromatic rings. The molecular weight excluding hydrogens is 508 g/mol. The van der Waals surface area contributed by atoms with Crippen molar-refractivity contribution in [3.05, 3.63) is 76.0 Å². The summed E-state index contributed by atoms with van der Waals surface area (Å²) >= 11 is 0. The summed E-state index contributed by atoms with van der Waals surface area (Å²) < 4.78 is 14.2. The largest absolute Gasteiger partial charge is 0.350 e. The summed E-state index contributed by atoms with van der Waals surface area (Å²) in [5, 5.41) is 14.3. The van der Waals surface area contributed by atoms with E-state index in [0.717, 1.165) is 40.8 Å². The summed E-state index contributed by atoms with van der Waals surface area (Å²) in [7, 11) is 3.04. The number of hydrogen-bond donors (Lipinski definition) is 1. The molecule has 0 saturated heterocycles. The van der Waals surface area contributed by atoms with Gasteiger partial charge in [-0.1, -0.05) is 75.7 Å². The third kappa shape index (κ3) is 6.29. The normalized spacial score (nSPS) is 11.6. The van der Waals surface area contributed by atoms with Crippen molar-refractivity contribution in [3.8, 4) is 22.5 Å². The average molecular weight is 547 g/mol. The Labute approximate surface area is 234 Å². The number of methoxy groups -OCH3 is 2. The van der Waals surface area contributed by atoms with Crippen LogP contribution in [0.3, 0.4) is 0 Å². The maximum Gasteiger partial charge on any atom is 0.335 e. The Bertz CT molecular complexity index is 1450. The molecule has 10 heteroatoms. The van der Waals surface area contributed by atoms with Crippen molar-refractivity contribution in [2.45, 2.75) is 65.7 Å². The lowest BCUT2D eigenvalue weighted by molar-refractivity contribution is -0.110. The summed E-state index contributed by atoms with van der Waals surface area (Å²) in [6.45, 7) is 6.62. The molecule has 0 aliphatic carbocycles. The van der Waals surface area contributed by atoms with Gasteiger partial charge in [-0.05, 0) is 52.3 Å². The summed E-state index contributed by atoms with van der Waals surface area (Å²) in [5.41, 5.74) is 4.71. The van der Waals surface area contributed by atoms with Gasteiger partial charge in [-0.3, -0.25) is 9.36 Å². The quantitative estimate of drug-likeness (QED) is 0.228. The molecule has 0 fully saturated rings. The van der Waals surface area contributed by atoms with Crippen molar-refractivity contribution < 1.29 is 14.3 Å². The third-order valence-corrected chi connectivity index (χ3v) is 7.02. The van der Waals surface area contributed by atoms with Gasteiger partial charge in [0, 0.05) is 31.9 Å². The Morgan fingerprint density at radius 1 is 1.02 bits per heavy atom. The number of nitrogens with zero attached hydrogens (tertiary/aromatic N) is 5. The molecule has 0 spiro atoms. The van der Waals surface area contributed by atoms with E-state index in [1.165, 1.54) is 18.8 Å². The van der Waals surface area contributed by atoms with E-state index in [2.05, 4.69) is 34.5 Å². The number of ether oxygens (including phenoxy) is 2. The lowest BCUT2D eigenvalue weighted by atomic mass is 9.98. The van der Waals surface area contributed by atoms with E-state index in [9.17, 15) is 9.59 Å². The molecule has 10 nitrogen and oxygen atoms in total. The Kier molecular flexibility index (Phi) is 9.79. The average Bonchev–Trinajstić information content (AvgIpc) is 3.59. The summed E-state index contributed by atoms with van der Waals surface area (Å²) in [4.78, 5) is 27.1. The van der Waals surface area contributed by atoms with Crippen LogP contribution >= 0.6 is 0 Å². The van der Waals surface area contributed by atoms with Gasteiger partial charge in [-0.25, -0.2) is 14.5 Å². The number of benzene rings is 2. The SMILES string of the molecule is CCCCC(=O)n1c(C(OC)OC)c(CCC(C)C)n(Cc2ccc(-c3ccccc3-c3nnn[nH]3)cc2)c1=O. The van der Waals surface area contributed by atoms with E-state index in [-0.39, 0.29) is 18.0 Å². The summed E-state index contributed by atoms with van der Waals surface area (Å²) in [5.74, 6) is 0.769. The number of aromatic amines is 1. The molecule has 2 aromatic carbocycles. The lowest BCUT2D eigenvalue weighted by Gasteiger charge is -2.18. The van der Waals surface area contributed by atoms with Gasteiger partial charge in [-0.2, -0.15) is 0 Å². The lowest BCUT2D eigenvalue weighted by Crippen LogP contribution is -2.31. The number of imidazole rings is 1. The zero-order valence-corrected chi connectivity index (χ0v) is 23.9. The van der Waals surface area contributed by atoms with E-state index >= 15 is 0 Å². The minimum absolute atomic E-state index is 0.237. The fraction of sp³-hybridized carbons (Fsp3) is 0.433. The molecule has 2 heterocycles.